The minimum Gasteiger partial charge on any atom is -0.494 e. The number of rotatable bonds is 2. The van der Waals surface area contributed by atoms with Crippen molar-refractivity contribution in [1.82, 2.24) is 0 Å². The van der Waals surface area contributed by atoms with Gasteiger partial charge in [-0.15, -0.1) is 0 Å². The Kier molecular flexibility index (Phi) is 3.79. The Morgan fingerprint density at radius 3 is 2.57 bits per heavy atom. The lowest BCUT2D eigenvalue weighted by Gasteiger charge is -2.27. The molecule has 0 saturated carbocycles. The van der Waals surface area contributed by atoms with Gasteiger partial charge in [-0.05, 0) is 11.6 Å². The van der Waals surface area contributed by atoms with E-state index in [1.54, 1.807) is 0 Å². The Bertz CT molecular complexity index is 698. The Hall–Kier alpha value is -1.71. The quantitative estimate of drug-likeness (QED) is 0.803. The van der Waals surface area contributed by atoms with Crippen LogP contribution in [0, 0.1) is 0 Å². The van der Waals surface area contributed by atoms with E-state index in [9.17, 15) is 4.79 Å². The SMILES string of the molecule is COc1c(Cl)cc(Cl)c2c1C(=O)CC(c1ccccc1)O2. The standard InChI is InChI=1S/C16H12Cl2O3/c1-20-15-10(17)7-11(18)16-14(15)12(19)8-13(21-16)9-5-3-2-4-6-9/h2-7,13H,8H2,1H3. The predicted molar refractivity (Wildman–Crippen MR) is 81.8 cm³/mol. The van der Waals surface area contributed by atoms with Crippen molar-refractivity contribution in [3.8, 4) is 11.5 Å². The van der Waals surface area contributed by atoms with Crippen molar-refractivity contribution < 1.29 is 14.3 Å². The van der Waals surface area contributed by atoms with Gasteiger partial charge in [0.1, 0.15) is 11.7 Å². The van der Waals surface area contributed by atoms with Crippen molar-refractivity contribution in [3.63, 3.8) is 0 Å². The molecule has 3 nitrogen and oxygen atoms in total. The summed E-state index contributed by atoms with van der Waals surface area (Å²) in [5, 5.41) is 0.612. The highest BCUT2D eigenvalue weighted by atomic mass is 35.5. The van der Waals surface area contributed by atoms with Gasteiger partial charge in [-0.2, -0.15) is 0 Å². The lowest BCUT2D eigenvalue weighted by molar-refractivity contribution is 0.0845. The van der Waals surface area contributed by atoms with Crippen molar-refractivity contribution in [2.45, 2.75) is 12.5 Å². The van der Waals surface area contributed by atoms with E-state index in [1.165, 1.54) is 13.2 Å². The van der Waals surface area contributed by atoms with Crippen LogP contribution >= 0.6 is 23.2 Å². The lowest BCUT2D eigenvalue weighted by Crippen LogP contribution is -2.21. The normalized spacial score (nSPS) is 17.1. The molecule has 0 aromatic heterocycles. The summed E-state index contributed by atoms with van der Waals surface area (Å²) in [6.07, 6.45) is -0.126. The number of methoxy groups -OCH3 is 1. The highest BCUT2D eigenvalue weighted by Crippen LogP contribution is 2.46. The summed E-state index contributed by atoms with van der Waals surface area (Å²) in [5.41, 5.74) is 1.25. The van der Waals surface area contributed by atoms with E-state index in [1.807, 2.05) is 30.3 Å². The van der Waals surface area contributed by atoms with Gasteiger partial charge in [0.05, 0.1) is 23.6 Å². The first-order valence-corrected chi connectivity index (χ1v) is 7.18. The van der Waals surface area contributed by atoms with Gasteiger partial charge >= 0.3 is 0 Å². The van der Waals surface area contributed by atoms with Gasteiger partial charge in [-0.1, -0.05) is 53.5 Å². The number of hydrogen-bond donors (Lipinski definition) is 0. The van der Waals surface area contributed by atoms with Crippen LogP contribution in [0.25, 0.3) is 0 Å². The van der Waals surface area contributed by atoms with Crippen LogP contribution in [0.5, 0.6) is 11.5 Å². The molecule has 0 radical (unpaired) electrons. The first kappa shape index (κ1) is 14.2. The van der Waals surface area contributed by atoms with Crippen LogP contribution in [-0.4, -0.2) is 12.9 Å². The van der Waals surface area contributed by atoms with Gasteiger partial charge in [-0.3, -0.25) is 4.79 Å². The molecule has 1 heterocycles. The Morgan fingerprint density at radius 2 is 1.90 bits per heavy atom. The van der Waals surface area contributed by atoms with Crippen LogP contribution in [0.1, 0.15) is 28.4 Å². The van der Waals surface area contributed by atoms with E-state index >= 15 is 0 Å². The summed E-state index contributed by atoms with van der Waals surface area (Å²) in [5.74, 6) is 0.557. The fourth-order valence-electron chi connectivity index (χ4n) is 2.46. The van der Waals surface area contributed by atoms with Crippen molar-refractivity contribution in [2.24, 2.45) is 0 Å². The molecule has 0 bridgehead atoms. The number of carbonyl (C=O) groups is 1. The van der Waals surface area contributed by atoms with Gasteiger partial charge in [0.15, 0.2) is 17.3 Å². The number of fused-ring (bicyclic) bond motifs is 1. The Balaban J connectivity index is 2.09. The third kappa shape index (κ3) is 2.47. The molecular formula is C16H12Cl2O3. The zero-order chi connectivity index (χ0) is 15.0. The van der Waals surface area contributed by atoms with Crippen LogP contribution in [0.4, 0.5) is 0 Å². The van der Waals surface area contributed by atoms with Crippen molar-refractivity contribution in [3.05, 3.63) is 57.6 Å². The molecule has 0 aliphatic carbocycles. The molecule has 0 spiro atoms. The third-order valence-electron chi connectivity index (χ3n) is 3.43. The summed E-state index contributed by atoms with van der Waals surface area (Å²) in [7, 11) is 1.46. The minimum atomic E-state index is -0.352. The maximum Gasteiger partial charge on any atom is 0.174 e. The molecule has 0 saturated heterocycles. The second-order valence-corrected chi connectivity index (χ2v) is 5.54. The maximum atomic E-state index is 12.5. The summed E-state index contributed by atoms with van der Waals surface area (Å²) in [6, 6.07) is 11.1. The molecule has 3 rings (SSSR count). The zero-order valence-electron chi connectivity index (χ0n) is 11.2. The highest BCUT2D eigenvalue weighted by molar-refractivity contribution is 6.37. The average molecular weight is 323 g/mol. The molecule has 1 aliphatic rings. The van der Waals surface area contributed by atoms with Gasteiger partial charge < -0.3 is 9.47 Å². The lowest BCUT2D eigenvalue weighted by atomic mass is 9.95. The molecule has 2 aromatic carbocycles. The van der Waals surface area contributed by atoms with E-state index in [0.717, 1.165) is 5.56 Å². The van der Waals surface area contributed by atoms with Crippen molar-refractivity contribution in [2.75, 3.05) is 7.11 Å². The fourth-order valence-corrected chi connectivity index (χ4v) is 3.05. The second kappa shape index (κ2) is 5.58. The van der Waals surface area contributed by atoms with Crippen LogP contribution in [0.15, 0.2) is 36.4 Å². The summed E-state index contributed by atoms with van der Waals surface area (Å²) in [4.78, 5) is 12.5. The monoisotopic (exact) mass is 322 g/mol. The molecule has 1 unspecified atom stereocenters. The smallest absolute Gasteiger partial charge is 0.174 e. The molecule has 2 aromatic rings. The van der Waals surface area contributed by atoms with Gasteiger partial charge in [-0.25, -0.2) is 0 Å². The average Bonchev–Trinajstić information content (AvgIpc) is 2.49. The zero-order valence-corrected chi connectivity index (χ0v) is 12.7. The van der Waals surface area contributed by atoms with Crippen LogP contribution < -0.4 is 9.47 Å². The van der Waals surface area contributed by atoms with E-state index in [0.29, 0.717) is 27.1 Å². The molecule has 5 heteroatoms. The van der Waals surface area contributed by atoms with E-state index < -0.39 is 0 Å². The second-order valence-electron chi connectivity index (χ2n) is 4.72. The maximum absolute atomic E-state index is 12.5. The van der Waals surface area contributed by atoms with Crippen molar-refractivity contribution >= 4 is 29.0 Å². The number of Topliss-reactive ketones (excluding diaryl/α,β-unsaturated/α-hetero) is 1. The topological polar surface area (TPSA) is 35.5 Å². The van der Waals surface area contributed by atoms with Crippen molar-refractivity contribution in [1.29, 1.82) is 0 Å². The minimum absolute atomic E-state index is 0.0913. The molecule has 1 atom stereocenters. The molecular weight excluding hydrogens is 311 g/mol. The van der Waals surface area contributed by atoms with Crippen LogP contribution in [0.3, 0.4) is 0 Å². The third-order valence-corrected chi connectivity index (χ3v) is 3.99. The van der Waals surface area contributed by atoms with Crippen LogP contribution in [0.2, 0.25) is 10.0 Å². The van der Waals surface area contributed by atoms with E-state index in [4.69, 9.17) is 32.7 Å². The Labute approximate surface area is 132 Å². The first-order chi connectivity index (χ1) is 10.1. The van der Waals surface area contributed by atoms with Gasteiger partial charge in [0, 0.05) is 0 Å². The first-order valence-electron chi connectivity index (χ1n) is 6.42. The number of ether oxygens (including phenoxy) is 2. The van der Waals surface area contributed by atoms with E-state index in [2.05, 4.69) is 0 Å². The fraction of sp³-hybridized carbons (Fsp3) is 0.188. The molecule has 0 N–H and O–H groups in total. The van der Waals surface area contributed by atoms with E-state index in [-0.39, 0.29) is 18.3 Å². The number of ketones is 1. The summed E-state index contributed by atoms with van der Waals surface area (Å²) < 4.78 is 11.1. The van der Waals surface area contributed by atoms with Gasteiger partial charge in [0.25, 0.3) is 0 Å². The molecule has 0 amide bonds. The number of benzene rings is 2. The highest BCUT2D eigenvalue weighted by Gasteiger charge is 2.33. The van der Waals surface area contributed by atoms with Gasteiger partial charge in [0.2, 0.25) is 0 Å². The summed E-state index contributed by atoms with van der Waals surface area (Å²) in [6.45, 7) is 0. The largest absolute Gasteiger partial charge is 0.494 e. The predicted octanol–water partition coefficient (Wildman–Crippen LogP) is 4.71. The molecule has 0 fully saturated rings. The molecule has 108 valence electrons. The molecule has 21 heavy (non-hydrogen) atoms. The van der Waals surface area contributed by atoms with Crippen LogP contribution in [-0.2, 0) is 0 Å². The number of halogens is 2. The Morgan fingerprint density at radius 1 is 1.19 bits per heavy atom. The number of carbonyl (C=O) groups excluding carboxylic acids is 1. The summed E-state index contributed by atoms with van der Waals surface area (Å²) >= 11 is 12.2. The molecule has 1 aliphatic heterocycles. The number of hydrogen-bond acceptors (Lipinski definition) is 3.